The molecule has 1 aliphatic rings. The fourth-order valence-corrected chi connectivity index (χ4v) is 4.44. The molecule has 1 atom stereocenters. The molecule has 2 aromatic carbocycles. The van der Waals surface area contributed by atoms with Crippen molar-refractivity contribution in [2.24, 2.45) is 0 Å². The number of fused-ring (bicyclic) bond motifs is 1. The largest absolute Gasteiger partial charge is 0.350 e. The van der Waals surface area contributed by atoms with Crippen LogP contribution < -0.4 is 9.62 Å². The Morgan fingerprint density at radius 1 is 1.20 bits per heavy atom. The molecular weight excluding hydrogens is 336 g/mol. The first-order valence-corrected chi connectivity index (χ1v) is 9.89. The van der Waals surface area contributed by atoms with Gasteiger partial charge in [-0.15, -0.1) is 0 Å². The molecular formula is C19H22N2O3S. The minimum Gasteiger partial charge on any atom is -0.350 e. The molecule has 2 aromatic rings. The number of carbonyl (C=O) groups excluding carboxylic acids is 1. The van der Waals surface area contributed by atoms with Crippen molar-refractivity contribution in [3.63, 3.8) is 0 Å². The maximum atomic E-state index is 13.0. The zero-order valence-electron chi connectivity index (χ0n) is 14.4. The van der Waals surface area contributed by atoms with E-state index in [1.165, 1.54) is 16.4 Å². The van der Waals surface area contributed by atoms with Gasteiger partial charge in [0.05, 0.1) is 10.6 Å². The molecule has 3 rings (SSSR count). The van der Waals surface area contributed by atoms with Crippen molar-refractivity contribution in [1.29, 1.82) is 0 Å². The molecule has 0 saturated heterocycles. The molecule has 0 unspecified atom stereocenters. The number of anilines is 1. The molecule has 1 heterocycles. The van der Waals surface area contributed by atoms with E-state index >= 15 is 0 Å². The topological polar surface area (TPSA) is 66.5 Å². The Balaban J connectivity index is 1.92. The molecule has 1 N–H and O–H groups in total. The number of nitrogens with zero attached hydrogens (tertiary/aromatic N) is 1. The summed E-state index contributed by atoms with van der Waals surface area (Å²) in [5.41, 5.74) is 2.10. The van der Waals surface area contributed by atoms with Gasteiger partial charge in [0, 0.05) is 18.2 Å². The summed E-state index contributed by atoms with van der Waals surface area (Å²) >= 11 is 0. The monoisotopic (exact) mass is 358 g/mol. The van der Waals surface area contributed by atoms with Gasteiger partial charge in [0.25, 0.3) is 15.9 Å². The highest BCUT2D eigenvalue weighted by Gasteiger charge is 2.30. The smallest absolute Gasteiger partial charge is 0.264 e. The Morgan fingerprint density at radius 2 is 1.96 bits per heavy atom. The SMILES string of the molecule is CC[C@@H](C)NC(=O)c1cccc(S(=O)(=O)N2CCc3ccccc32)c1. The third-order valence-electron chi connectivity index (χ3n) is 4.52. The van der Waals surface area contributed by atoms with Crippen molar-refractivity contribution in [3.8, 4) is 0 Å². The summed E-state index contributed by atoms with van der Waals surface area (Å²) in [6, 6.07) is 13.8. The van der Waals surface area contributed by atoms with E-state index in [2.05, 4.69) is 5.32 Å². The van der Waals surface area contributed by atoms with Crippen LogP contribution in [0.2, 0.25) is 0 Å². The lowest BCUT2D eigenvalue weighted by Crippen LogP contribution is -2.32. The molecule has 25 heavy (non-hydrogen) atoms. The van der Waals surface area contributed by atoms with Gasteiger partial charge < -0.3 is 5.32 Å². The molecule has 0 bridgehead atoms. The van der Waals surface area contributed by atoms with Gasteiger partial charge in [-0.3, -0.25) is 9.10 Å². The molecule has 0 saturated carbocycles. The maximum Gasteiger partial charge on any atom is 0.264 e. The fourth-order valence-electron chi connectivity index (χ4n) is 2.89. The van der Waals surface area contributed by atoms with Crippen LogP contribution in [0.5, 0.6) is 0 Å². The van der Waals surface area contributed by atoms with Crippen LogP contribution in [0.25, 0.3) is 0 Å². The predicted octanol–water partition coefficient (Wildman–Crippen LogP) is 2.97. The van der Waals surface area contributed by atoms with Gasteiger partial charge in [0.1, 0.15) is 0 Å². The van der Waals surface area contributed by atoms with Crippen LogP contribution in [-0.2, 0) is 16.4 Å². The lowest BCUT2D eigenvalue weighted by molar-refractivity contribution is 0.0939. The summed E-state index contributed by atoms with van der Waals surface area (Å²) in [7, 11) is -3.69. The first-order valence-electron chi connectivity index (χ1n) is 8.45. The van der Waals surface area contributed by atoms with E-state index in [-0.39, 0.29) is 16.8 Å². The van der Waals surface area contributed by atoms with Crippen molar-refractivity contribution in [2.45, 2.75) is 37.6 Å². The van der Waals surface area contributed by atoms with Gasteiger partial charge in [-0.2, -0.15) is 0 Å². The predicted molar refractivity (Wildman–Crippen MR) is 98.3 cm³/mol. The first-order chi connectivity index (χ1) is 11.9. The summed E-state index contributed by atoms with van der Waals surface area (Å²) in [5, 5.41) is 2.86. The molecule has 1 aliphatic heterocycles. The van der Waals surface area contributed by atoms with E-state index < -0.39 is 10.0 Å². The normalized spacial score (nSPS) is 14.9. The van der Waals surface area contributed by atoms with Crippen LogP contribution in [0, 0.1) is 0 Å². The van der Waals surface area contributed by atoms with E-state index in [1.807, 2.05) is 38.1 Å². The highest BCUT2D eigenvalue weighted by molar-refractivity contribution is 7.92. The zero-order chi connectivity index (χ0) is 18.0. The Morgan fingerprint density at radius 3 is 2.72 bits per heavy atom. The average Bonchev–Trinajstić information content (AvgIpc) is 3.06. The quantitative estimate of drug-likeness (QED) is 0.893. The van der Waals surface area contributed by atoms with Crippen LogP contribution in [0.3, 0.4) is 0 Å². The number of benzene rings is 2. The second kappa shape index (κ2) is 6.88. The molecule has 0 aromatic heterocycles. The Kier molecular flexibility index (Phi) is 4.81. The third-order valence-corrected chi connectivity index (χ3v) is 6.33. The van der Waals surface area contributed by atoms with Crippen molar-refractivity contribution in [2.75, 3.05) is 10.8 Å². The summed E-state index contributed by atoms with van der Waals surface area (Å²) in [4.78, 5) is 12.4. The van der Waals surface area contributed by atoms with Crippen molar-refractivity contribution in [3.05, 3.63) is 59.7 Å². The van der Waals surface area contributed by atoms with Gasteiger partial charge in [-0.25, -0.2) is 8.42 Å². The van der Waals surface area contributed by atoms with E-state index in [4.69, 9.17) is 0 Å². The van der Waals surface area contributed by atoms with Gasteiger partial charge in [-0.05, 0) is 49.6 Å². The summed E-state index contributed by atoms with van der Waals surface area (Å²) in [6.07, 6.45) is 1.51. The van der Waals surface area contributed by atoms with E-state index in [1.54, 1.807) is 12.1 Å². The van der Waals surface area contributed by atoms with E-state index in [9.17, 15) is 13.2 Å². The van der Waals surface area contributed by atoms with Gasteiger partial charge >= 0.3 is 0 Å². The lowest BCUT2D eigenvalue weighted by atomic mass is 10.2. The first kappa shape index (κ1) is 17.5. The van der Waals surface area contributed by atoms with Crippen LogP contribution in [0.4, 0.5) is 5.69 Å². The van der Waals surface area contributed by atoms with Crippen LogP contribution >= 0.6 is 0 Å². The minimum atomic E-state index is -3.69. The number of rotatable bonds is 5. The number of sulfonamides is 1. The molecule has 0 aliphatic carbocycles. The lowest BCUT2D eigenvalue weighted by Gasteiger charge is -2.20. The summed E-state index contributed by atoms with van der Waals surface area (Å²) in [6.45, 7) is 4.32. The Hall–Kier alpha value is -2.34. The number of carbonyl (C=O) groups is 1. The Bertz CT molecular complexity index is 893. The van der Waals surface area contributed by atoms with Crippen LogP contribution in [-0.4, -0.2) is 26.9 Å². The van der Waals surface area contributed by atoms with E-state index in [0.717, 1.165) is 17.7 Å². The minimum absolute atomic E-state index is 0.0400. The Labute approximate surface area is 148 Å². The summed E-state index contributed by atoms with van der Waals surface area (Å²) in [5.74, 6) is -0.256. The molecule has 0 fully saturated rings. The molecule has 0 spiro atoms. The number of hydrogen-bond donors (Lipinski definition) is 1. The molecule has 0 radical (unpaired) electrons. The standard InChI is InChI=1S/C19H22N2O3S/c1-3-14(2)20-19(22)16-8-6-9-17(13-16)25(23,24)21-12-11-15-7-4-5-10-18(15)21/h4-10,13-14H,3,11-12H2,1-2H3,(H,20,22)/t14-/m1/s1. The molecule has 1 amide bonds. The van der Waals surface area contributed by atoms with Crippen LogP contribution in [0.15, 0.2) is 53.4 Å². The van der Waals surface area contributed by atoms with Gasteiger partial charge in [0.15, 0.2) is 0 Å². The van der Waals surface area contributed by atoms with Gasteiger partial charge in [0.2, 0.25) is 0 Å². The highest BCUT2D eigenvalue weighted by Crippen LogP contribution is 2.32. The van der Waals surface area contributed by atoms with Crippen molar-refractivity contribution in [1.82, 2.24) is 5.32 Å². The number of nitrogens with one attached hydrogen (secondary N) is 1. The second-order valence-electron chi connectivity index (χ2n) is 6.27. The number of amides is 1. The second-order valence-corrected chi connectivity index (χ2v) is 8.13. The fraction of sp³-hybridized carbons (Fsp3) is 0.316. The third kappa shape index (κ3) is 3.39. The number of para-hydroxylation sites is 1. The van der Waals surface area contributed by atoms with E-state index in [0.29, 0.717) is 18.5 Å². The van der Waals surface area contributed by atoms with Crippen molar-refractivity contribution < 1.29 is 13.2 Å². The number of hydrogen-bond acceptors (Lipinski definition) is 3. The highest BCUT2D eigenvalue weighted by atomic mass is 32.2. The van der Waals surface area contributed by atoms with Crippen LogP contribution in [0.1, 0.15) is 36.2 Å². The molecule has 132 valence electrons. The molecule has 6 heteroatoms. The van der Waals surface area contributed by atoms with Gasteiger partial charge in [-0.1, -0.05) is 31.2 Å². The maximum absolute atomic E-state index is 13.0. The summed E-state index contributed by atoms with van der Waals surface area (Å²) < 4.78 is 27.5. The molecule has 5 nitrogen and oxygen atoms in total. The average molecular weight is 358 g/mol. The van der Waals surface area contributed by atoms with Crippen molar-refractivity contribution >= 4 is 21.6 Å². The zero-order valence-corrected chi connectivity index (χ0v) is 15.2.